The lowest BCUT2D eigenvalue weighted by atomic mass is 10.1. The van der Waals surface area contributed by atoms with E-state index in [1.807, 2.05) is 18.2 Å². The number of carbonyl (C=O) groups excluding carboxylic acids is 1. The second-order valence-corrected chi connectivity index (χ2v) is 6.02. The Hall–Kier alpha value is -3.35. The Kier molecular flexibility index (Phi) is 6.26. The SMILES string of the molecule is COc1cc(/C=C/C(=O)NCCc2ccc3c(c2)OCO3)cc(OC)c1OC. The Morgan fingerprint density at radius 2 is 1.75 bits per heavy atom. The van der Waals surface area contributed by atoms with Gasteiger partial charge < -0.3 is 29.0 Å². The van der Waals surface area contributed by atoms with Gasteiger partial charge in [0.05, 0.1) is 21.3 Å². The first-order chi connectivity index (χ1) is 13.6. The van der Waals surface area contributed by atoms with Gasteiger partial charge in [0.2, 0.25) is 18.4 Å². The minimum absolute atomic E-state index is 0.186. The molecule has 2 aromatic carbocycles. The smallest absolute Gasteiger partial charge is 0.244 e. The summed E-state index contributed by atoms with van der Waals surface area (Å²) < 4.78 is 26.6. The number of carbonyl (C=O) groups is 1. The molecule has 1 aliphatic heterocycles. The summed E-state index contributed by atoms with van der Waals surface area (Å²) >= 11 is 0. The number of fused-ring (bicyclic) bond motifs is 1. The van der Waals surface area contributed by atoms with Gasteiger partial charge in [-0.3, -0.25) is 4.79 Å². The average molecular weight is 385 g/mol. The fraction of sp³-hybridized carbons (Fsp3) is 0.286. The molecule has 7 heteroatoms. The van der Waals surface area contributed by atoms with Crippen molar-refractivity contribution in [3.8, 4) is 28.7 Å². The van der Waals surface area contributed by atoms with Crippen LogP contribution in [0, 0.1) is 0 Å². The molecular weight excluding hydrogens is 362 g/mol. The summed E-state index contributed by atoms with van der Waals surface area (Å²) in [6, 6.07) is 9.32. The summed E-state index contributed by atoms with van der Waals surface area (Å²) in [4.78, 5) is 12.1. The van der Waals surface area contributed by atoms with Crippen molar-refractivity contribution in [1.82, 2.24) is 5.32 Å². The number of methoxy groups -OCH3 is 3. The minimum atomic E-state index is -0.186. The van der Waals surface area contributed by atoms with Crippen LogP contribution in [-0.2, 0) is 11.2 Å². The predicted molar refractivity (Wildman–Crippen MR) is 104 cm³/mol. The van der Waals surface area contributed by atoms with Gasteiger partial charge in [-0.15, -0.1) is 0 Å². The topological polar surface area (TPSA) is 75.3 Å². The first-order valence-corrected chi connectivity index (χ1v) is 8.79. The fourth-order valence-electron chi connectivity index (χ4n) is 2.85. The van der Waals surface area contributed by atoms with Crippen LogP contribution in [0.4, 0.5) is 0 Å². The normalized spacial score (nSPS) is 12.1. The molecule has 0 spiro atoms. The van der Waals surface area contributed by atoms with E-state index < -0.39 is 0 Å². The Labute approximate surface area is 163 Å². The van der Waals surface area contributed by atoms with Crippen LogP contribution in [0.5, 0.6) is 28.7 Å². The van der Waals surface area contributed by atoms with Crippen LogP contribution in [-0.4, -0.2) is 40.6 Å². The standard InChI is InChI=1S/C21H23NO6/c1-24-18-11-15(12-19(25-2)21(18)26-3)5-7-20(23)22-9-8-14-4-6-16-17(10-14)28-13-27-16/h4-7,10-12H,8-9,13H2,1-3H3,(H,22,23)/b7-5+. The van der Waals surface area contributed by atoms with Gasteiger partial charge in [0.1, 0.15) is 0 Å². The molecule has 0 radical (unpaired) electrons. The average Bonchev–Trinajstić information content (AvgIpc) is 3.19. The highest BCUT2D eigenvalue weighted by Crippen LogP contribution is 2.38. The Balaban J connectivity index is 1.56. The number of ether oxygens (including phenoxy) is 5. The third kappa shape index (κ3) is 4.49. The number of amides is 1. The molecule has 0 unspecified atom stereocenters. The Morgan fingerprint density at radius 3 is 2.43 bits per heavy atom. The maximum absolute atomic E-state index is 12.1. The second-order valence-electron chi connectivity index (χ2n) is 6.02. The molecule has 1 heterocycles. The van der Waals surface area contributed by atoms with E-state index in [9.17, 15) is 4.79 Å². The van der Waals surface area contributed by atoms with E-state index in [-0.39, 0.29) is 12.7 Å². The second kappa shape index (κ2) is 9.03. The summed E-state index contributed by atoms with van der Waals surface area (Å²) in [6.45, 7) is 0.763. The van der Waals surface area contributed by atoms with Crippen molar-refractivity contribution in [2.75, 3.05) is 34.7 Å². The fourth-order valence-corrected chi connectivity index (χ4v) is 2.85. The van der Waals surface area contributed by atoms with Crippen molar-refractivity contribution in [2.24, 2.45) is 0 Å². The number of benzene rings is 2. The molecule has 28 heavy (non-hydrogen) atoms. The van der Waals surface area contributed by atoms with Crippen LogP contribution < -0.4 is 29.0 Å². The lowest BCUT2D eigenvalue weighted by Gasteiger charge is -2.12. The first kappa shape index (κ1) is 19.4. The molecule has 0 saturated carbocycles. The minimum Gasteiger partial charge on any atom is -0.493 e. The van der Waals surface area contributed by atoms with Gasteiger partial charge in [-0.25, -0.2) is 0 Å². The highest BCUT2D eigenvalue weighted by atomic mass is 16.7. The van der Waals surface area contributed by atoms with Crippen molar-refractivity contribution >= 4 is 12.0 Å². The van der Waals surface area contributed by atoms with Crippen LogP contribution >= 0.6 is 0 Å². The van der Waals surface area contributed by atoms with E-state index in [1.54, 1.807) is 39.5 Å². The predicted octanol–water partition coefficient (Wildman–Crippen LogP) is 2.81. The van der Waals surface area contributed by atoms with E-state index in [1.165, 1.54) is 6.08 Å². The van der Waals surface area contributed by atoms with Crippen molar-refractivity contribution in [2.45, 2.75) is 6.42 Å². The molecule has 0 atom stereocenters. The van der Waals surface area contributed by atoms with E-state index in [2.05, 4.69) is 5.32 Å². The first-order valence-electron chi connectivity index (χ1n) is 8.79. The van der Waals surface area contributed by atoms with Crippen molar-refractivity contribution in [1.29, 1.82) is 0 Å². The highest BCUT2D eigenvalue weighted by molar-refractivity contribution is 5.91. The molecule has 1 N–H and O–H groups in total. The highest BCUT2D eigenvalue weighted by Gasteiger charge is 2.13. The molecule has 1 aliphatic rings. The van der Waals surface area contributed by atoms with E-state index in [0.717, 1.165) is 22.6 Å². The van der Waals surface area contributed by atoms with Gasteiger partial charge >= 0.3 is 0 Å². The van der Waals surface area contributed by atoms with Gasteiger partial charge in [0.15, 0.2) is 23.0 Å². The summed E-state index contributed by atoms with van der Waals surface area (Å²) in [5, 5.41) is 2.86. The molecule has 0 aromatic heterocycles. The number of nitrogens with one attached hydrogen (secondary N) is 1. The molecule has 1 amide bonds. The zero-order chi connectivity index (χ0) is 19.9. The third-order valence-electron chi connectivity index (χ3n) is 4.26. The molecule has 7 nitrogen and oxygen atoms in total. The van der Waals surface area contributed by atoms with Gasteiger partial charge in [0.25, 0.3) is 0 Å². The number of hydrogen-bond donors (Lipinski definition) is 1. The monoisotopic (exact) mass is 385 g/mol. The summed E-state index contributed by atoms with van der Waals surface area (Å²) in [5.41, 5.74) is 1.83. The van der Waals surface area contributed by atoms with Gasteiger partial charge in [-0.2, -0.15) is 0 Å². The molecule has 0 aliphatic carbocycles. The lowest BCUT2D eigenvalue weighted by molar-refractivity contribution is -0.116. The largest absolute Gasteiger partial charge is 0.493 e. The number of hydrogen-bond acceptors (Lipinski definition) is 6. The Bertz CT molecular complexity index is 852. The quantitative estimate of drug-likeness (QED) is 0.705. The molecule has 2 aromatic rings. The van der Waals surface area contributed by atoms with Crippen LogP contribution in [0.25, 0.3) is 6.08 Å². The van der Waals surface area contributed by atoms with Crippen molar-refractivity contribution < 1.29 is 28.5 Å². The summed E-state index contributed by atoms with van der Waals surface area (Å²) in [6.07, 6.45) is 3.86. The summed E-state index contributed by atoms with van der Waals surface area (Å²) in [5.74, 6) is 2.88. The van der Waals surface area contributed by atoms with Gasteiger partial charge in [-0.1, -0.05) is 6.07 Å². The zero-order valence-electron chi connectivity index (χ0n) is 16.1. The van der Waals surface area contributed by atoms with Crippen LogP contribution in [0.15, 0.2) is 36.4 Å². The van der Waals surface area contributed by atoms with Crippen molar-refractivity contribution in [3.05, 3.63) is 47.5 Å². The maximum Gasteiger partial charge on any atom is 0.244 e. The van der Waals surface area contributed by atoms with E-state index in [4.69, 9.17) is 23.7 Å². The number of rotatable bonds is 8. The maximum atomic E-state index is 12.1. The molecule has 0 bridgehead atoms. The molecule has 0 fully saturated rings. The summed E-state index contributed by atoms with van der Waals surface area (Å²) in [7, 11) is 4.64. The van der Waals surface area contributed by atoms with Crippen molar-refractivity contribution in [3.63, 3.8) is 0 Å². The Morgan fingerprint density at radius 1 is 1.04 bits per heavy atom. The molecule has 148 valence electrons. The zero-order valence-corrected chi connectivity index (χ0v) is 16.1. The molecule has 0 saturated heterocycles. The van der Waals surface area contributed by atoms with Crippen LogP contribution in [0.2, 0.25) is 0 Å². The van der Waals surface area contributed by atoms with Crippen LogP contribution in [0.1, 0.15) is 11.1 Å². The van der Waals surface area contributed by atoms with Gasteiger partial charge in [0, 0.05) is 12.6 Å². The molecular formula is C21H23NO6. The third-order valence-corrected chi connectivity index (χ3v) is 4.26. The van der Waals surface area contributed by atoms with Crippen LogP contribution in [0.3, 0.4) is 0 Å². The van der Waals surface area contributed by atoms with E-state index >= 15 is 0 Å². The molecule has 3 rings (SSSR count). The lowest BCUT2D eigenvalue weighted by Crippen LogP contribution is -2.23. The van der Waals surface area contributed by atoms with Gasteiger partial charge in [-0.05, 0) is 47.9 Å². The van der Waals surface area contributed by atoms with E-state index in [0.29, 0.717) is 30.2 Å².